The maximum Gasteiger partial charge on any atom is 0.337 e. The van der Waals surface area contributed by atoms with Gasteiger partial charge in [0.1, 0.15) is 5.75 Å². The van der Waals surface area contributed by atoms with Gasteiger partial charge in [-0.25, -0.2) is 5.10 Å². The molecular formula is C13H14N4O3. The minimum absolute atomic E-state index is 0.213. The second-order valence-corrected chi connectivity index (χ2v) is 4.27. The SMILES string of the molecule is CCOc1n[nH]c(NC(=O)c2ccc3c(c2)CCO3)n1. The van der Waals surface area contributed by atoms with Crippen LogP contribution in [0.5, 0.6) is 11.8 Å². The third-order valence-corrected chi connectivity index (χ3v) is 2.92. The van der Waals surface area contributed by atoms with Crippen molar-refractivity contribution in [2.45, 2.75) is 13.3 Å². The lowest BCUT2D eigenvalue weighted by atomic mass is 10.1. The summed E-state index contributed by atoms with van der Waals surface area (Å²) in [5.74, 6) is 0.856. The number of hydrogen-bond donors (Lipinski definition) is 2. The summed E-state index contributed by atoms with van der Waals surface area (Å²) >= 11 is 0. The topological polar surface area (TPSA) is 89.1 Å². The van der Waals surface area contributed by atoms with Crippen molar-refractivity contribution in [3.05, 3.63) is 29.3 Å². The van der Waals surface area contributed by atoms with Crippen LogP contribution in [0.3, 0.4) is 0 Å². The summed E-state index contributed by atoms with van der Waals surface area (Å²) < 4.78 is 10.5. The molecule has 0 aliphatic carbocycles. The van der Waals surface area contributed by atoms with Gasteiger partial charge in [-0.05, 0) is 30.7 Å². The summed E-state index contributed by atoms with van der Waals surface area (Å²) in [4.78, 5) is 16.1. The van der Waals surface area contributed by atoms with E-state index in [2.05, 4.69) is 20.5 Å². The van der Waals surface area contributed by atoms with E-state index in [0.29, 0.717) is 18.8 Å². The van der Waals surface area contributed by atoms with Gasteiger partial charge in [-0.1, -0.05) is 0 Å². The Balaban J connectivity index is 1.72. The Bertz CT molecular complexity index is 638. The Hall–Kier alpha value is -2.57. The quantitative estimate of drug-likeness (QED) is 0.879. The number of rotatable bonds is 4. The molecule has 7 heteroatoms. The number of ether oxygens (including phenoxy) is 2. The van der Waals surface area contributed by atoms with E-state index in [4.69, 9.17) is 9.47 Å². The molecule has 0 radical (unpaired) electrons. The normalized spacial score (nSPS) is 12.7. The zero-order valence-electron chi connectivity index (χ0n) is 11.0. The Morgan fingerprint density at radius 1 is 1.55 bits per heavy atom. The lowest BCUT2D eigenvalue weighted by molar-refractivity contribution is 0.102. The molecule has 0 saturated carbocycles. The van der Waals surface area contributed by atoms with E-state index in [0.717, 1.165) is 17.7 Å². The van der Waals surface area contributed by atoms with Crippen molar-refractivity contribution in [2.24, 2.45) is 0 Å². The summed E-state index contributed by atoms with van der Waals surface area (Å²) in [6.45, 7) is 2.97. The Labute approximate surface area is 115 Å². The summed E-state index contributed by atoms with van der Waals surface area (Å²) in [7, 11) is 0. The van der Waals surface area contributed by atoms with Crippen LogP contribution in [0.25, 0.3) is 0 Å². The maximum absolute atomic E-state index is 12.1. The molecular weight excluding hydrogens is 260 g/mol. The van der Waals surface area contributed by atoms with Gasteiger partial charge in [0, 0.05) is 12.0 Å². The standard InChI is InChI=1S/C13H14N4O3/c1-2-19-13-15-12(16-17-13)14-11(18)9-3-4-10-8(7-9)5-6-20-10/h3-4,7H,2,5-6H2,1H3,(H2,14,15,16,17,18). The molecule has 1 aromatic heterocycles. The van der Waals surface area contributed by atoms with E-state index in [1.165, 1.54) is 0 Å². The predicted molar refractivity (Wildman–Crippen MR) is 71.1 cm³/mol. The fourth-order valence-corrected chi connectivity index (χ4v) is 2.00. The highest BCUT2D eigenvalue weighted by atomic mass is 16.5. The van der Waals surface area contributed by atoms with E-state index in [9.17, 15) is 4.79 Å². The number of benzene rings is 1. The van der Waals surface area contributed by atoms with Gasteiger partial charge < -0.3 is 9.47 Å². The minimum Gasteiger partial charge on any atom is -0.493 e. The van der Waals surface area contributed by atoms with Crippen molar-refractivity contribution < 1.29 is 14.3 Å². The first-order valence-electron chi connectivity index (χ1n) is 6.38. The number of nitrogens with one attached hydrogen (secondary N) is 2. The van der Waals surface area contributed by atoms with Crippen molar-refractivity contribution in [1.29, 1.82) is 0 Å². The van der Waals surface area contributed by atoms with E-state index in [1.54, 1.807) is 6.07 Å². The number of anilines is 1. The number of amides is 1. The molecule has 2 N–H and O–H groups in total. The van der Waals surface area contributed by atoms with Crippen LogP contribution in [0.15, 0.2) is 18.2 Å². The van der Waals surface area contributed by atoms with Gasteiger partial charge in [0.2, 0.25) is 5.95 Å². The molecule has 0 spiro atoms. The number of nitrogens with zero attached hydrogens (tertiary/aromatic N) is 2. The number of aromatic amines is 1. The molecule has 2 heterocycles. The lowest BCUT2D eigenvalue weighted by Gasteiger charge is -2.03. The van der Waals surface area contributed by atoms with Crippen molar-refractivity contribution >= 4 is 11.9 Å². The van der Waals surface area contributed by atoms with Crippen LogP contribution in [-0.2, 0) is 6.42 Å². The van der Waals surface area contributed by atoms with Crippen LogP contribution in [0.1, 0.15) is 22.8 Å². The zero-order chi connectivity index (χ0) is 13.9. The van der Waals surface area contributed by atoms with E-state index < -0.39 is 0 Å². The molecule has 1 aliphatic rings. The van der Waals surface area contributed by atoms with Gasteiger partial charge in [-0.3, -0.25) is 10.1 Å². The molecule has 1 amide bonds. The Morgan fingerprint density at radius 3 is 3.30 bits per heavy atom. The first-order chi connectivity index (χ1) is 9.76. The first-order valence-corrected chi connectivity index (χ1v) is 6.38. The largest absolute Gasteiger partial charge is 0.493 e. The number of carbonyl (C=O) groups is 1. The molecule has 0 bridgehead atoms. The Morgan fingerprint density at radius 2 is 2.45 bits per heavy atom. The van der Waals surface area contributed by atoms with Gasteiger partial charge in [-0.15, -0.1) is 5.10 Å². The van der Waals surface area contributed by atoms with Crippen LogP contribution in [-0.4, -0.2) is 34.3 Å². The van der Waals surface area contributed by atoms with Crippen molar-refractivity contribution in [2.75, 3.05) is 18.5 Å². The highest BCUT2D eigenvalue weighted by molar-refractivity contribution is 6.03. The van der Waals surface area contributed by atoms with E-state index in [-0.39, 0.29) is 17.9 Å². The molecule has 2 aromatic rings. The fourth-order valence-electron chi connectivity index (χ4n) is 2.00. The smallest absolute Gasteiger partial charge is 0.337 e. The maximum atomic E-state index is 12.1. The average Bonchev–Trinajstić information content (AvgIpc) is 3.07. The fraction of sp³-hybridized carbons (Fsp3) is 0.308. The summed E-state index contributed by atoms with van der Waals surface area (Å²) in [5, 5.41) is 9.06. The average molecular weight is 274 g/mol. The minimum atomic E-state index is -0.251. The number of fused-ring (bicyclic) bond motifs is 1. The highest BCUT2D eigenvalue weighted by Crippen LogP contribution is 2.26. The molecule has 0 atom stereocenters. The third kappa shape index (κ3) is 2.42. The van der Waals surface area contributed by atoms with Crippen LogP contribution in [0.4, 0.5) is 5.95 Å². The summed E-state index contributed by atoms with van der Waals surface area (Å²) in [6, 6.07) is 5.57. The number of aromatic nitrogens is 3. The van der Waals surface area contributed by atoms with Crippen molar-refractivity contribution in [3.63, 3.8) is 0 Å². The molecule has 1 aliphatic heterocycles. The zero-order valence-corrected chi connectivity index (χ0v) is 11.0. The molecule has 0 unspecified atom stereocenters. The molecule has 0 fully saturated rings. The molecule has 20 heavy (non-hydrogen) atoms. The summed E-state index contributed by atoms with van der Waals surface area (Å²) in [5.41, 5.74) is 1.61. The first kappa shape index (κ1) is 12.5. The van der Waals surface area contributed by atoms with Gasteiger partial charge >= 0.3 is 6.01 Å². The van der Waals surface area contributed by atoms with Gasteiger partial charge in [0.25, 0.3) is 5.91 Å². The molecule has 7 nitrogen and oxygen atoms in total. The molecule has 3 rings (SSSR count). The van der Waals surface area contributed by atoms with Crippen LogP contribution in [0.2, 0.25) is 0 Å². The van der Waals surface area contributed by atoms with Gasteiger partial charge in [0.05, 0.1) is 13.2 Å². The molecule has 0 saturated heterocycles. The second kappa shape index (κ2) is 5.20. The number of H-pyrrole nitrogens is 1. The van der Waals surface area contributed by atoms with Crippen LogP contribution in [0, 0.1) is 0 Å². The lowest BCUT2D eigenvalue weighted by Crippen LogP contribution is -2.13. The van der Waals surface area contributed by atoms with E-state index >= 15 is 0 Å². The predicted octanol–water partition coefficient (Wildman–Crippen LogP) is 1.39. The summed E-state index contributed by atoms with van der Waals surface area (Å²) in [6.07, 6.45) is 0.827. The highest BCUT2D eigenvalue weighted by Gasteiger charge is 2.16. The Kier molecular flexibility index (Phi) is 3.24. The second-order valence-electron chi connectivity index (χ2n) is 4.27. The van der Waals surface area contributed by atoms with Gasteiger partial charge in [0.15, 0.2) is 0 Å². The van der Waals surface area contributed by atoms with Crippen LogP contribution >= 0.6 is 0 Å². The van der Waals surface area contributed by atoms with Crippen molar-refractivity contribution in [3.8, 4) is 11.8 Å². The number of hydrogen-bond acceptors (Lipinski definition) is 5. The monoisotopic (exact) mass is 274 g/mol. The molecule has 104 valence electrons. The third-order valence-electron chi connectivity index (χ3n) is 2.92. The number of carbonyl (C=O) groups excluding carboxylic acids is 1. The van der Waals surface area contributed by atoms with Crippen LogP contribution < -0.4 is 14.8 Å². The molecule has 1 aromatic carbocycles. The van der Waals surface area contributed by atoms with Crippen molar-refractivity contribution in [1.82, 2.24) is 15.2 Å². The van der Waals surface area contributed by atoms with E-state index in [1.807, 2.05) is 19.1 Å². The van der Waals surface area contributed by atoms with Gasteiger partial charge in [-0.2, -0.15) is 4.98 Å².